The van der Waals surface area contributed by atoms with Crippen molar-refractivity contribution < 1.29 is 9.59 Å². The number of aldehydes is 1. The van der Waals surface area contributed by atoms with Crippen LogP contribution in [-0.4, -0.2) is 31.6 Å². The Balaban J connectivity index is 1.55. The van der Waals surface area contributed by atoms with Gasteiger partial charge in [-0.1, -0.05) is 74.8 Å². The maximum Gasteiger partial charge on any atom is 0.226 e. The summed E-state index contributed by atoms with van der Waals surface area (Å²) in [5, 5.41) is 2.93. The predicted octanol–water partition coefficient (Wildman–Crippen LogP) is 5.55. The Hall–Kier alpha value is -1.18. The van der Waals surface area contributed by atoms with Gasteiger partial charge in [0.1, 0.15) is 6.29 Å². The minimum atomic E-state index is -0.529. The number of nitrogens with one attached hydrogen (secondary N) is 2. The number of nitrogens with zero attached hydrogens (tertiary/aromatic N) is 1. The lowest BCUT2D eigenvalue weighted by Gasteiger charge is -2.47. The first-order chi connectivity index (χ1) is 14.5. The van der Waals surface area contributed by atoms with E-state index in [9.17, 15) is 9.59 Å². The molecule has 0 aliphatic heterocycles. The summed E-state index contributed by atoms with van der Waals surface area (Å²) < 4.78 is 0.398. The minimum Gasteiger partial charge on any atom is -0.348 e. The summed E-state index contributed by atoms with van der Waals surface area (Å²) in [5.74, 6) is 0.690. The van der Waals surface area contributed by atoms with Crippen molar-refractivity contribution in [2.45, 2.75) is 94.9 Å². The minimum absolute atomic E-state index is 0.0478. The van der Waals surface area contributed by atoms with E-state index in [1.165, 1.54) is 32.1 Å². The van der Waals surface area contributed by atoms with Gasteiger partial charge >= 0.3 is 0 Å². The summed E-state index contributed by atoms with van der Waals surface area (Å²) in [7, 11) is 0. The molecule has 2 aliphatic rings. The zero-order valence-electron chi connectivity index (χ0n) is 19.5. The molecule has 1 unspecified atom stereocenters. The third-order valence-electron chi connectivity index (χ3n) is 7.46. The molecule has 0 aromatic carbocycles. The Kier molecular flexibility index (Phi) is 7.70. The van der Waals surface area contributed by atoms with Gasteiger partial charge in [0.05, 0.1) is 12.4 Å². The maximum atomic E-state index is 12.9. The van der Waals surface area contributed by atoms with Crippen LogP contribution in [0.5, 0.6) is 0 Å². The second-order valence-corrected chi connectivity index (χ2v) is 13.5. The lowest BCUT2D eigenvalue weighted by molar-refractivity contribution is -0.131. The average molecular weight is 540 g/mol. The molecule has 1 saturated carbocycles. The van der Waals surface area contributed by atoms with E-state index in [-0.39, 0.29) is 11.3 Å². The van der Waals surface area contributed by atoms with Crippen molar-refractivity contribution in [2.24, 2.45) is 16.7 Å². The van der Waals surface area contributed by atoms with Crippen molar-refractivity contribution in [3.63, 3.8) is 0 Å². The first kappa shape index (κ1) is 24.5. The standard InChI is InChI=1S/C25H38IN3O2/c1-23(2,22(31)29-20(16-30)13-19-15-27-17-28-19)9-6-11-24(3)10-5-7-18-14-25(4,26)12-8-21(18)24/h8,15-18,20H,5-7,9-14H2,1-4H3,(H,27,28)(H,29,31)/t18?,20-,24-,25-/m0/s1. The van der Waals surface area contributed by atoms with Crippen molar-refractivity contribution in [3.05, 3.63) is 29.9 Å². The number of H-pyrrole nitrogens is 1. The Labute approximate surface area is 200 Å². The topological polar surface area (TPSA) is 74.8 Å². The highest BCUT2D eigenvalue weighted by Gasteiger charge is 2.42. The number of fused-ring (bicyclic) bond motifs is 1. The van der Waals surface area contributed by atoms with Gasteiger partial charge in [0, 0.05) is 27.1 Å². The van der Waals surface area contributed by atoms with Crippen molar-refractivity contribution in [1.82, 2.24) is 15.3 Å². The third kappa shape index (κ3) is 6.20. The number of imidazole rings is 1. The number of aromatic amines is 1. The van der Waals surface area contributed by atoms with Crippen LogP contribution in [0, 0.1) is 16.7 Å². The fourth-order valence-electron chi connectivity index (χ4n) is 5.51. The van der Waals surface area contributed by atoms with Crippen LogP contribution in [0.1, 0.15) is 84.8 Å². The number of rotatable bonds is 9. The van der Waals surface area contributed by atoms with Crippen LogP contribution >= 0.6 is 22.6 Å². The number of carbonyl (C=O) groups is 2. The Morgan fingerprint density at radius 2 is 2.23 bits per heavy atom. The van der Waals surface area contributed by atoms with Crippen LogP contribution in [0.15, 0.2) is 24.2 Å². The molecular weight excluding hydrogens is 501 g/mol. The Morgan fingerprint density at radius 3 is 2.90 bits per heavy atom. The van der Waals surface area contributed by atoms with Crippen LogP contribution < -0.4 is 5.32 Å². The predicted molar refractivity (Wildman–Crippen MR) is 133 cm³/mol. The molecule has 0 bridgehead atoms. The fraction of sp³-hybridized carbons (Fsp3) is 0.720. The SMILES string of the molecule is CC(C)(CCC[C@]1(C)CCCC2C[C@@](C)(I)CC=C21)C(=O)N[C@H](C=O)Cc1cnc[nH]1. The molecule has 0 saturated heterocycles. The summed E-state index contributed by atoms with van der Waals surface area (Å²) in [5.41, 5.74) is 2.31. The summed E-state index contributed by atoms with van der Waals surface area (Å²) >= 11 is 2.64. The van der Waals surface area contributed by atoms with E-state index in [1.807, 2.05) is 13.8 Å². The quantitative estimate of drug-likeness (QED) is 0.187. The first-order valence-electron chi connectivity index (χ1n) is 11.7. The molecular formula is C25H38IN3O2. The lowest BCUT2D eigenvalue weighted by atomic mass is 9.60. The van der Waals surface area contributed by atoms with Gasteiger partial charge < -0.3 is 15.1 Å². The monoisotopic (exact) mass is 539 g/mol. The van der Waals surface area contributed by atoms with E-state index >= 15 is 0 Å². The van der Waals surface area contributed by atoms with E-state index < -0.39 is 11.5 Å². The van der Waals surface area contributed by atoms with Gasteiger partial charge in [-0.15, -0.1) is 0 Å². The summed E-state index contributed by atoms with van der Waals surface area (Å²) in [6, 6.07) is -0.529. The highest BCUT2D eigenvalue weighted by Crippen LogP contribution is 2.53. The highest BCUT2D eigenvalue weighted by molar-refractivity contribution is 14.1. The van der Waals surface area contributed by atoms with Crippen LogP contribution in [0.2, 0.25) is 0 Å². The van der Waals surface area contributed by atoms with Crippen LogP contribution in [-0.2, 0) is 16.0 Å². The van der Waals surface area contributed by atoms with Gasteiger partial charge in [-0.25, -0.2) is 4.98 Å². The van der Waals surface area contributed by atoms with Gasteiger partial charge in [0.15, 0.2) is 0 Å². The molecule has 2 N–H and O–H groups in total. The number of allylic oxidation sites excluding steroid dienone is 2. The normalized spacial score (nSPS) is 29.6. The van der Waals surface area contributed by atoms with Crippen molar-refractivity contribution >= 4 is 34.8 Å². The number of hydrogen-bond acceptors (Lipinski definition) is 3. The van der Waals surface area contributed by atoms with E-state index in [0.717, 1.165) is 37.2 Å². The largest absolute Gasteiger partial charge is 0.348 e. The zero-order chi connectivity index (χ0) is 22.7. The molecule has 172 valence electrons. The Bertz CT molecular complexity index is 800. The highest BCUT2D eigenvalue weighted by atomic mass is 127. The van der Waals surface area contributed by atoms with Gasteiger partial charge in [-0.3, -0.25) is 4.79 Å². The van der Waals surface area contributed by atoms with Gasteiger partial charge in [-0.05, 0) is 49.9 Å². The molecule has 6 heteroatoms. The first-order valence-corrected chi connectivity index (χ1v) is 12.8. The Morgan fingerprint density at radius 1 is 1.45 bits per heavy atom. The number of aromatic nitrogens is 2. The second-order valence-electron chi connectivity index (χ2n) is 10.9. The van der Waals surface area contributed by atoms with Crippen LogP contribution in [0.3, 0.4) is 0 Å². The summed E-state index contributed by atoms with van der Waals surface area (Å²) in [6.07, 6.45) is 16.4. The molecule has 31 heavy (non-hydrogen) atoms. The van der Waals surface area contributed by atoms with Crippen molar-refractivity contribution in [2.75, 3.05) is 0 Å². The van der Waals surface area contributed by atoms with E-state index in [4.69, 9.17) is 0 Å². The van der Waals surface area contributed by atoms with Crippen molar-refractivity contribution in [3.8, 4) is 0 Å². The molecule has 1 amide bonds. The lowest BCUT2D eigenvalue weighted by Crippen LogP contribution is -2.45. The summed E-state index contributed by atoms with van der Waals surface area (Å²) in [4.78, 5) is 31.4. The second kappa shape index (κ2) is 9.75. The number of hydrogen-bond donors (Lipinski definition) is 2. The number of alkyl halides is 1. The average Bonchev–Trinajstić information content (AvgIpc) is 3.19. The molecule has 1 aromatic rings. The molecule has 1 aromatic heterocycles. The maximum absolute atomic E-state index is 12.9. The number of carbonyl (C=O) groups excluding carboxylic acids is 2. The van der Waals surface area contributed by atoms with Crippen molar-refractivity contribution in [1.29, 1.82) is 0 Å². The van der Waals surface area contributed by atoms with Crippen LogP contribution in [0.25, 0.3) is 0 Å². The molecule has 0 spiro atoms. The molecule has 0 radical (unpaired) electrons. The number of halogens is 1. The molecule has 1 fully saturated rings. The van der Waals surface area contributed by atoms with E-state index in [2.05, 4.69) is 57.8 Å². The van der Waals surface area contributed by atoms with Gasteiger partial charge in [0.2, 0.25) is 5.91 Å². The smallest absolute Gasteiger partial charge is 0.226 e. The zero-order valence-corrected chi connectivity index (χ0v) is 21.6. The van der Waals surface area contributed by atoms with Gasteiger partial charge in [-0.2, -0.15) is 0 Å². The third-order valence-corrected chi connectivity index (χ3v) is 8.34. The van der Waals surface area contributed by atoms with E-state index in [0.29, 0.717) is 9.84 Å². The molecule has 5 nitrogen and oxygen atoms in total. The molecule has 2 aliphatic carbocycles. The molecule has 3 rings (SSSR count). The fourth-order valence-corrected chi connectivity index (χ4v) is 6.26. The number of amides is 1. The van der Waals surface area contributed by atoms with E-state index in [1.54, 1.807) is 18.1 Å². The molecule has 1 heterocycles. The summed E-state index contributed by atoms with van der Waals surface area (Å²) in [6.45, 7) is 8.81. The van der Waals surface area contributed by atoms with Crippen LogP contribution in [0.4, 0.5) is 0 Å². The van der Waals surface area contributed by atoms with Gasteiger partial charge in [0.25, 0.3) is 0 Å². The molecule has 4 atom stereocenters.